The number of H-pyrrole nitrogens is 1. The van der Waals surface area contributed by atoms with Crippen LogP contribution in [0.5, 0.6) is 0 Å². The third-order valence-electron chi connectivity index (χ3n) is 5.20. The largest absolute Gasteiger partial charge is 0.480 e. The van der Waals surface area contributed by atoms with E-state index in [1.54, 1.807) is 0 Å². The number of guanidine groups is 1. The smallest absolute Gasteiger partial charge is 0.326 e. The van der Waals surface area contributed by atoms with Crippen LogP contribution in [0, 0.1) is 0 Å². The molecule has 14 nitrogen and oxygen atoms in total. The monoisotopic (exact) mass is 465 g/mol. The van der Waals surface area contributed by atoms with Crippen LogP contribution in [0.3, 0.4) is 0 Å². The summed E-state index contributed by atoms with van der Waals surface area (Å²) >= 11 is 0. The van der Waals surface area contributed by atoms with Crippen LogP contribution >= 0.6 is 0 Å². The Labute approximate surface area is 190 Å². The maximum Gasteiger partial charge on any atom is 0.326 e. The Kier molecular flexibility index (Phi) is 9.60. The topological polar surface area (TPSA) is 235 Å². The Morgan fingerprint density at radius 2 is 2.03 bits per heavy atom. The molecule has 1 aromatic heterocycles. The fourth-order valence-electron chi connectivity index (χ4n) is 3.60. The molecule has 3 amide bonds. The minimum Gasteiger partial charge on any atom is -0.480 e. The van der Waals surface area contributed by atoms with Crippen LogP contribution in [0.1, 0.15) is 31.4 Å². The molecule has 0 bridgehead atoms. The number of aliphatic imine (C=N–C) groups is 1. The van der Waals surface area contributed by atoms with Crippen molar-refractivity contribution in [1.82, 2.24) is 25.5 Å². The lowest BCUT2D eigenvalue weighted by atomic mass is 10.1. The van der Waals surface area contributed by atoms with Crippen molar-refractivity contribution < 1.29 is 24.3 Å². The van der Waals surface area contributed by atoms with Gasteiger partial charge in [0.15, 0.2) is 5.96 Å². The summed E-state index contributed by atoms with van der Waals surface area (Å²) in [5.41, 5.74) is 16.5. The van der Waals surface area contributed by atoms with Gasteiger partial charge in [0.05, 0.1) is 12.9 Å². The highest BCUT2D eigenvalue weighted by Gasteiger charge is 2.38. The van der Waals surface area contributed by atoms with Crippen molar-refractivity contribution in [1.29, 1.82) is 0 Å². The molecule has 0 radical (unpaired) electrons. The Hall–Kier alpha value is -3.68. The van der Waals surface area contributed by atoms with E-state index in [0.29, 0.717) is 31.5 Å². The van der Waals surface area contributed by atoms with Gasteiger partial charge in [-0.05, 0) is 25.7 Å². The van der Waals surface area contributed by atoms with Crippen molar-refractivity contribution in [2.24, 2.45) is 22.2 Å². The van der Waals surface area contributed by atoms with Crippen LogP contribution in [0.25, 0.3) is 0 Å². The van der Waals surface area contributed by atoms with Gasteiger partial charge in [-0.25, -0.2) is 9.78 Å². The lowest BCUT2D eigenvalue weighted by molar-refractivity contribution is -0.144. The summed E-state index contributed by atoms with van der Waals surface area (Å²) in [4.78, 5) is 61.4. The van der Waals surface area contributed by atoms with E-state index in [0.717, 1.165) is 0 Å². The van der Waals surface area contributed by atoms with Crippen LogP contribution < -0.4 is 27.8 Å². The average molecular weight is 466 g/mol. The molecule has 33 heavy (non-hydrogen) atoms. The van der Waals surface area contributed by atoms with E-state index in [4.69, 9.17) is 17.2 Å². The van der Waals surface area contributed by atoms with Crippen LogP contribution in [0.2, 0.25) is 0 Å². The minimum absolute atomic E-state index is 0.0156. The van der Waals surface area contributed by atoms with Gasteiger partial charge in [-0.1, -0.05) is 0 Å². The molecule has 1 fully saturated rings. The molecule has 182 valence electrons. The van der Waals surface area contributed by atoms with E-state index in [2.05, 4.69) is 25.6 Å². The lowest BCUT2D eigenvalue weighted by Crippen LogP contribution is -2.56. The number of carbonyl (C=O) groups excluding carboxylic acids is 3. The van der Waals surface area contributed by atoms with Gasteiger partial charge in [-0.2, -0.15) is 0 Å². The maximum atomic E-state index is 13.2. The predicted octanol–water partition coefficient (Wildman–Crippen LogP) is -2.99. The zero-order valence-corrected chi connectivity index (χ0v) is 18.2. The molecule has 1 aliphatic rings. The third kappa shape index (κ3) is 7.75. The van der Waals surface area contributed by atoms with Gasteiger partial charge in [0.1, 0.15) is 18.1 Å². The molecule has 1 aromatic rings. The number of rotatable bonds is 12. The van der Waals surface area contributed by atoms with E-state index < -0.39 is 41.8 Å². The summed E-state index contributed by atoms with van der Waals surface area (Å²) in [6.45, 7) is 0.274. The highest BCUT2D eigenvalue weighted by atomic mass is 16.4. The van der Waals surface area contributed by atoms with E-state index in [-0.39, 0.29) is 31.9 Å². The number of hydrogen-bond donors (Lipinski definition) is 7. The first-order valence-electron chi connectivity index (χ1n) is 10.6. The third-order valence-corrected chi connectivity index (χ3v) is 5.20. The number of nitrogens with one attached hydrogen (secondary N) is 3. The second-order valence-electron chi connectivity index (χ2n) is 7.64. The summed E-state index contributed by atoms with van der Waals surface area (Å²) in [5.74, 6) is -2.82. The van der Waals surface area contributed by atoms with Crippen molar-refractivity contribution in [2.75, 3.05) is 19.6 Å². The number of nitrogens with zero attached hydrogens (tertiary/aromatic N) is 3. The number of carboxylic acids is 1. The Balaban J connectivity index is 2.07. The number of imidazole rings is 1. The van der Waals surface area contributed by atoms with Crippen LogP contribution in [0.15, 0.2) is 17.5 Å². The van der Waals surface area contributed by atoms with Crippen LogP contribution in [-0.2, 0) is 25.6 Å². The van der Waals surface area contributed by atoms with Crippen molar-refractivity contribution >= 4 is 29.7 Å². The highest BCUT2D eigenvalue weighted by Crippen LogP contribution is 2.20. The van der Waals surface area contributed by atoms with Crippen LogP contribution in [0.4, 0.5) is 0 Å². The molecule has 0 aliphatic carbocycles. The summed E-state index contributed by atoms with van der Waals surface area (Å²) < 4.78 is 0. The van der Waals surface area contributed by atoms with Crippen molar-refractivity contribution in [3.8, 4) is 0 Å². The number of nitrogens with two attached hydrogens (primary N) is 3. The molecule has 14 heteroatoms. The fraction of sp³-hybridized carbons (Fsp3) is 0.579. The maximum absolute atomic E-state index is 13.2. The molecule has 0 saturated carbocycles. The highest BCUT2D eigenvalue weighted by molar-refractivity contribution is 5.94. The number of aliphatic carboxylic acids is 1. The predicted molar refractivity (Wildman–Crippen MR) is 117 cm³/mol. The number of carboxylic acid groups (broad SMARTS) is 1. The summed E-state index contributed by atoms with van der Waals surface area (Å²) in [6.07, 6.45) is 4.49. The van der Waals surface area contributed by atoms with Gasteiger partial charge < -0.3 is 42.8 Å². The van der Waals surface area contributed by atoms with E-state index in [1.165, 1.54) is 17.4 Å². The second-order valence-corrected chi connectivity index (χ2v) is 7.64. The molecule has 2 rings (SSSR count). The SMILES string of the molecule is NCC(=O)NC(CCCN=C(N)N)C(=O)N1CCCC1C(=O)NC(Cc1cnc[nH]1)C(=O)O. The number of aromatic amines is 1. The normalized spacial score (nSPS) is 17.1. The lowest BCUT2D eigenvalue weighted by Gasteiger charge is -2.29. The first-order chi connectivity index (χ1) is 15.7. The van der Waals surface area contributed by atoms with Gasteiger partial charge >= 0.3 is 5.97 Å². The van der Waals surface area contributed by atoms with Crippen LogP contribution in [-0.4, -0.2) is 87.4 Å². The number of likely N-dealkylation sites (tertiary alicyclic amines) is 1. The Morgan fingerprint density at radius 3 is 2.64 bits per heavy atom. The van der Waals surface area contributed by atoms with Gasteiger partial charge in [0, 0.05) is 31.4 Å². The molecule has 10 N–H and O–H groups in total. The number of hydrogen-bond acceptors (Lipinski definition) is 7. The summed E-state index contributed by atoms with van der Waals surface area (Å²) in [7, 11) is 0. The molecule has 1 aliphatic heterocycles. The molecule has 2 heterocycles. The van der Waals surface area contributed by atoms with E-state index in [1.807, 2.05) is 0 Å². The zero-order valence-electron chi connectivity index (χ0n) is 18.2. The first-order valence-corrected chi connectivity index (χ1v) is 10.6. The fourth-order valence-corrected chi connectivity index (χ4v) is 3.60. The summed E-state index contributed by atoms with van der Waals surface area (Å²) in [5, 5.41) is 14.6. The van der Waals surface area contributed by atoms with E-state index >= 15 is 0 Å². The van der Waals surface area contributed by atoms with E-state index in [9.17, 15) is 24.3 Å². The first kappa shape index (κ1) is 25.6. The summed E-state index contributed by atoms with van der Waals surface area (Å²) in [6, 6.07) is -2.96. The van der Waals surface area contributed by atoms with Crippen molar-refractivity contribution in [3.63, 3.8) is 0 Å². The molecule has 3 atom stereocenters. The van der Waals surface area contributed by atoms with Gasteiger partial charge in [-0.15, -0.1) is 0 Å². The number of amides is 3. The average Bonchev–Trinajstić information content (AvgIpc) is 3.46. The molecule has 0 spiro atoms. The standard InChI is InChI=1S/C19H31N9O5/c20-8-15(29)26-12(3-1-5-24-19(21)22)17(31)28-6-2-4-14(28)16(30)27-13(18(32)33)7-11-9-23-10-25-11/h9-10,12-14H,1-8,20H2,(H,23,25)(H,26,29)(H,27,30)(H,32,33)(H4,21,22,24). The molecule has 0 aromatic carbocycles. The zero-order chi connectivity index (χ0) is 24.4. The van der Waals surface area contributed by atoms with Crippen molar-refractivity contribution in [2.45, 2.75) is 50.2 Å². The van der Waals surface area contributed by atoms with Gasteiger partial charge in [0.2, 0.25) is 17.7 Å². The molecule has 1 saturated heterocycles. The Morgan fingerprint density at radius 1 is 1.27 bits per heavy atom. The van der Waals surface area contributed by atoms with Gasteiger partial charge in [0.25, 0.3) is 0 Å². The second kappa shape index (κ2) is 12.4. The minimum atomic E-state index is -1.21. The molecular formula is C19H31N9O5. The van der Waals surface area contributed by atoms with Gasteiger partial charge in [-0.3, -0.25) is 19.4 Å². The number of aromatic nitrogens is 2. The quantitative estimate of drug-likeness (QED) is 0.0945. The van der Waals surface area contributed by atoms with Crippen molar-refractivity contribution in [3.05, 3.63) is 18.2 Å². The number of carbonyl (C=O) groups is 4. The Bertz CT molecular complexity index is 854. The molecular weight excluding hydrogens is 434 g/mol. The molecule has 3 unspecified atom stereocenters.